The zero-order valence-corrected chi connectivity index (χ0v) is 8.46. The van der Waals surface area contributed by atoms with Crippen molar-refractivity contribution in [3.8, 4) is 0 Å². The molecule has 3 nitrogen and oxygen atoms in total. The lowest BCUT2D eigenvalue weighted by molar-refractivity contribution is -0.0699. The molecule has 0 amide bonds. The topological polar surface area (TPSA) is 32.7 Å². The number of nitrogens with zero attached hydrogens (tertiary/aromatic N) is 1. The Kier molecular flexibility index (Phi) is 3.04. The average Bonchev–Trinajstić information content (AvgIpc) is 2.55. The molecule has 0 spiro atoms. The van der Waals surface area contributed by atoms with Gasteiger partial charge in [0.2, 0.25) is 0 Å². The van der Waals surface area contributed by atoms with Gasteiger partial charge in [0, 0.05) is 13.1 Å². The van der Waals surface area contributed by atoms with Gasteiger partial charge in [-0.25, -0.2) is 0 Å². The van der Waals surface area contributed by atoms with Crippen molar-refractivity contribution in [2.75, 3.05) is 32.9 Å². The standard InChI is InChI=1S/C10H15F2NO2/c11-9(12)3-8-4-10(6-14)7-15-2-1-13(10)5-8/h3,8,14H,1-2,4-7H2/t8-,10+/m0/s1. The lowest BCUT2D eigenvalue weighted by Gasteiger charge is -2.40. The summed E-state index contributed by atoms with van der Waals surface area (Å²) in [6, 6.07) is 0. The molecule has 0 radical (unpaired) electrons. The lowest BCUT2D eigenvalue weighted by atomic mass is 9.93. The Morgan fingerprint density at radius 2 is 2.40 bits per heavy atom. The summed E-state index contributed by atoms with van der Waals surface area (Å²) in [4.78, 5) is 2.07. The molecule has 0 aromatic rings. The van der Waals surface area contributed by atoms with Crippen molar-refractivity contribution < 1.29 is 18.6 Å². The molecule has 1 N–H and O–H groups in total. The van der Waals surface area contributed by atoms with Crippen LogP contribution in [0.1, 0.15) is 6.42 Å². The molecule has 2 saturated heterocycles. The van der Waals surface area contributed by atoms with Gasteiger partial charge in [-0.15, -0.1) is 0 Å². The second-order valence-corrected chi connectivity index (χ2v) is 4.30. The molecule has 0 unspecified atom stereocenters. The maximum Gasteiger partial charge on any atom is 0.266 e. The minimum Gasteiger partial charge on any atom is -0.394 e. The number of aliphatic hydroxyl groups excluding tert-OH is 1. The molecule has 0 aromatic carbocycles. The fraction of sp³-hybridized carbons (Fsp3) is 0.800. The number of morpholine rings is 1. The second kappa shape index (κ2) is 4.15. The molecule has 0 aromatic heterocycles. The first-order valence-electron chi connectivity index (χ1n) is 5.13. The molecule has 2 rings (SSSR count). The first-order valence-corrected chi connectivity index (χ1v) is 5.13. The van der Waals surface area contributed by atoms with E-state index in [1.54, 1.807) is 0 Å². The predicted molar refractivity (Wildman–Crippen MR) is 50.6 cm³/mol. The molecule has 0 bridgehead atoms. The summed E-state index contributed by atoms with van der Waals surface area (Å²) >= 11 is 0. The smallest absolute Gasteiger partial charge is 0.266 e. The van der Waals surface area contributed by atoms with Crippen LogP contribution in [-0.4, -0.2) is 48.5 Å². The van der Waals surface area contributed by atoms with Crippen LogP contribution in [0.15, 0.2) is 12.2 Å². The van der Waals surface area contributed by atoms with Crippen molar-refractivity contribution in [2.24, 2.45) is 5.92 Å². The summed E-state index contributed by atoms with van der Waals surface area (Å²) in [7, 11) is 0. The van der Waals surface area contributed by atoms with E-state index >= 15 is 0 Å². The van der Waals surface area contributed by atoms with Gasteiger partial charge in [0.05, 0.1) is 25.4 Å². The number of ether oxygens (including phenoxy) is 1. The van der Waals surface area contributed by atoms with Crippen molar-refractivity contribution in [3.63, 3.8) is 0 Å². The Labute approximate surface area is 87.3 Å². The number of fused-ring (bicyclic) bond motifs is 1. The first kappa shape index (κ1) is 11.0. The van der Waals surface area contributed by atoms with Crippen molar-refractivity contribution in [2.45, 2.75) is 12.0 Å². The van der Waals surface area contributed by atoms with Crippen molar-refractivity contribution >= 4 is 0 Å². The summed E-state index contributed by atoms with van der Waals surface area (Å²) < 4.78 is 29.6. The number of halogens is 2. The second-order valence-electron chi connectivity index (χ2n) is 4.30. The minimum atomic E-state index is -1.63. The largest absolute Gasteiger partial charge is 0.394 e. The molecule has 2 aliphatic rings. The molecule has 2 aliphatic heterocycles. The van der Waals surface area contributed by atoms with Crippen molar-refractivity contribution in [3.05, 3.63) is 12.2 Å². The van der Waals surface area contributed by atoms with Gasteiger partial charge >= 0.3 is 0 Å². The highest BCUT2D eigenvalue weighted by Gasteiger charge is 2.46. The third kappa shape index (κ3) is 2.04. The van der Waals surface area contributed by atoms with Gasteiger partial charge in [-0.2, -0.15) is 8.78 Å². The normalized spacial score (nSPS) is 36.3. The number of hydrogen-bond acceptors (Lipinski definition) is 3. The molecule has 0 aliphatic carbocycles. The van der Waals surface area contributed by atoms with E-state index in [-0.39, 0.29) is 12.5 Å². The van der Waals surface area contributed by atoms with E-state index in [1.807, 2.05) is 0 Å². The van der Waals surface area contributed by atoms with E-state index in [0.717, 1.165) is 12.6 Å². The van der Waals surface area contributed by atoms with Crippen LogP contribution in [0.2, 0.25) is 0 Å². The summed E-state index contributed by atoms with van der Waals surface area (Å²) in [5.74, 6) is -0.163. The summed E-state index contributed by atoms with van der Waals surface area (Å²) in [6.07, 6.45) is -0.0785. The summed E-state index contributed by atoms with van der Waals surface area (Å²) in [5.41, 5.74) is -0.422. The summed E-state index contributed by atoms with van der Waals surface area (Å²) in [6.45, 7) is 2.36. The molecule has 86 valence electrons. The third-order valence-electron chi connectivity index (χ3n) is 3.30. The molecule has 2 fully saturated rings. The van der Waals surface area contributed by atoms with Gasteiger partial charge < -0.3 is 9.84 Å². The first-order chi connectivity index (χ1) is 7.16. The highest BCUT2D eigenvalue weighted by Crippen LogP contribution is 2.36. The van der Waals surface area contributed by atoms with E-state index < -0.39 is 11.6 Å². The lowest BCUT2D eigenvalue weighted by Crippen LogP contribution is -2.55. The van der Waals surface area contributed by atoms with Gasteiger partial charge in [0.25, 0.3) is 6.08 Å². The molecule has 2 atom stereocenters. The molecule has 2 heterocycles. The summed E-state index contributed by atoms with van der Waals surface area (Å²) in [5, 5.41) is 9.37. The quantitative estimate of drug-likeness (QED) is 0.747. The van der Waals surface area contributed by atoms with Crippen LogP contribution in [0, 0.1) is 5.92 Å². The van der Waals surface area contributed by atoms with Gasteiger partial charge in [0.15, 0.2) is 0 Å². The van der Waals surface area contributed by atoms with Crippen LogP contribution in [0.4, 0.5) is 8.78 Å². The van der Waals surface area contributed by atoms with E-state index in [1.165, 1.54) is 0 Å². The highest BCUT2D eigenvalue weighted by atomic mass is 19.3. The monoisotopic (exact) mass is 219 g/mol. The van der Waals surface area contributed by atoms with Gasteiger partial charge in [-0.3, -0.25) is 4.90 Å². The number of aliphatic hydroxyl groups is 1. The fourth-order valence-electron chi connectivity index (χ4n) is 2.57. The SMILES string of the molecule is OC[C@]12COCCN1C[C@@H](C=C(F)F)C2. The Balaban J connectivity index is 2.11. The maximum atomic E-state index is 12.1. The van der Waals surface area contributed by atoms with Crippen molar-refractivity contribution in [1.82, 2.24) is 4.90 Å². The highest BCUT2D eigenvalue weighted by molar-refractivity contribution is 5.06. The molecular formula is C10H15F2NO2. The number of hydrogen-bond donors (Lipinski definition) is 1. The third-order valence-corrected chi connectivity index (χ3v) is 3.30. The molecule has 0 saturated carbocycles. The molecule has 15 heavy (non-hydrogen) atoms. The van der Waals surface area contributed by atoms with E-state index in [9.17, 15) is 13.9 Å². The molecular weight excluding hydrogens is 204 g/mol. The van der Waals surface area contributed by atoms with Gasteiger partial charge in [0.1, 0.15) is 0 Å². The predicted octanol–water partition coefficient (Wildman–Crippen LogP) is 0.850. The van der Waals surface area contributed by atoms with E-state index in [0.29, 0.717) is 26.2 Å². The van der Waals surface area contributed by atoms with Crippen LogP contribution >= 0.6 is 0 Å². The maximum absolute atomic E-state index is 12.1. The Bertz CT molecular complexity index is 268. The van der Waals surface area contributed by atoms with E-state index in [2.05, 4.69) is 4.90 Å². The van der Waals surface area contributed by atoms with Gasteiger partial charge in [-0.1, -0.05) is 0 Å². The number of rotatable bonds is 2. The van der Waals surface area contributed by atoms with Crippen molar-refractivity contribution in [1.29, 1.82) is 0 Å². The van der Waals surface area contributed by atoms with Crippen LogP contribution in [0.3, 0.4) is 0 Å². The minimum absolute atomic E-state index is 0.0226. The zero-order valence-electron chi connectivity index (χ0n) is 8.46. The fourth-order valence-corrected chi connectivity index (χ4v) is 2.57. The van der Waals surface area contributed by atoms with Crippen LogP contribution in [0.5, 0.6) is 0 Å². The van der Waals surface area contributed by atoms with Crippen LogP contribution in [-0.2, 0) is 4.74 Å². The average molecular weight is 219 g/mol. The Morgan fingerprint density at radius 3 is 3.00 bits per heavy atom. The Hall–Kier alpha value is -0.520. The van der Waals surface area contributed by atoms with Crippen LogP contribution < -0.4 is 0 Å². The van der Waals surface area contributed by atoms with Gasteiger partial charge in [-0.05, 0) is 18.4 Å². The Morgan fingerprint density at radius 1 is 1.60 bits per heavy atom. The zero-order chi connectivity index (χ0) is 10.9. The van der Waals surface area contributed by atoms with E-state index in [4.69, 9.17) is 4.74 Å². The molecule has 5 heteroatoms. The van der Waals surface area contributed by atoms with Crippen LogP contribution in [0.25, 0.3) is 0 Å².